The number of carbonyl (C=O) groups excluding carboxylic acids is 2. The second-order valence-electron chi connectivity index (χ2n) is 8.12. The molecule has 5 rings (SSSR count). The third-order valence-corrected chi connectivity index (χ3v) is 6.02. The van der Waals surface area contributed by atoms with Gasteiger partial charge in [-0.3, -0.25) is 4.79 Å². The lowest BCUT2D eigenvalue weighted by Gasteiger charge is -2.34. The number of amides is 1. The highest BCUT2D eigenvalue weighted by atomic mass is 16.5. The maximum atomic E-state index is 12.7. The van der Waals surface area contributed by atoms with Gasteiger partial charge in [0.05, 0.1) is 13.4 Å². The third-order valence-electron chi connectivity index (χ3n) is 6.02. The van der Waals surface area contributed by atoms with Gasteiger partial charge in [-0.1, -0.05) is 0 Å². The highest BCUT2D eigenvalue weighted by Crippen LogP contribution is 2.30. The summed E-state index contributed by atoms with van der Waals surface area (Å²) in [6.07, 6.45) is 1.50. The van der Waals surface area contributed by atoms with E-state index in [0.717, 1.165) is 5.39 Å². The summed E-state index contributed by atoms with van der Waals surface area (Å²) in [7, 11) is 1.56. The molecule has 1 saturated heterocycles. The molecule has 0 atom stereocenters. The van der Waals surface area contributed by atoms with Gasteiger partial charge in [-0.2, -0.15) is 10.2 Å². The SMILES string of the molecule is COc1ccc2oc(C(=O)OCC(=O)N3CCN(c4oc(-c5ccco5)nc4C#N)CC3)c(C)c2c1. The standard InChI is InChI=1S/C25H22N4O7/c1-15-17-12-16(32-2)5-6-19(17)35-22(15)25(31)34-14-21(30)28-7-9-29(10-8-28)24-18(13-26)27-23(36-24)20-4-3-11-33-20/h3-6,11-12H,7-10,14H2,1-2H3. The average molecular weight is 490 g/mol. The number of nitriles is 1. The predicted molar refractivity (Wildman–Crippen MR) is 125 cm³/mol. The van der Waals surface area contributed by atoms with Crippen LogP contribution < -0.4 is 9.64 Å². The van der Waals surface area contributed by atoms with Crippen LogP contribution in [0.5, 0.6) is 5.75 Å². The van der Waals surface area contributed by atoms with E-state index in [9.17, 15) is 14.9 Å². The number of anilines is 1. The van der Waals surface area contributed by atoms with E-state index in [0.29, 0.717) is 54.7 Å². The lowest BCUT2D eigenvalue weighted by molar-refractivity contribution is -0.134. The summed E-state index contributed by atoms with van der Waals surface area (Å²) < 4.78 is 27.2. The summed E-state index contributed by atoms with van der Waals surface area (Å²) in [6, 6.07) is 10.7. The number of fused-ring (bicyclic) bond motifs is 1. The summed E-state index contributed by atoms with van der Waals surface area (Å²) in [6.45, 7) is 2.91. The molecule has 1 fully saturated rings. The number of methoxy groups -OCH3 is 1. The lowest BCUT2D eigenvalue weighted by Crippen LogP contribution is -2.50. The molecule has 0 aliphatic carbocycles. The van der Waals surface area contributed by atoms with Gasteiger partial charge in [-0.05, 0) is 37.3 Å². The number of hydrogen-bond acceptors (Lipinski definition) is 10. The van der Waals surface area contributed by atoms with Gasteiger partial charge in [0.15, 0.2) is 12.4 Å². The summed E-state index contributed by atoms with van der Waals surface area (Å²) >= 11 is 0. The Morgan fingerprint density at radius 2 is 1.97 bits per heavy atom. The number of benzene rings is 1. The van der Waals surface area contributed by atoms with Crippen LogP contribution in [0.4, 0.5) is 5.88 Å². The smallest absolute Gasteiger partial charge is 0.375 e. The quantitative estimate of drug-likeness (QED) is 0.370. The summed E-state index contributed by atoms with van der Waals surface area (Å²) in [5.41, 5.74) is 1.29. The van der Waals surface area contributed by atoms with Crippen LogP contribution in [0.15, 0.2) is 49.8 Å². The largest absolute Gasteiger partial charge is 0.497 e. The first-order valence-electron chi connectivity index (χ1n) is 11.2. The van der Waals surface area contributed by atoms with Crippen LogP contribution in [0.2, 0.25) is 0 Å². The van der Waals surface area contributed by atoms with Crippen LogP contribution in [0.25, 0.3) is 22.6 Å². The number of oxazole rings is 1. The maximum Gasteiger partial charge on any atom is 0.375 e. The van der Waals surface area contributed by atoms with Gasteiger partial charge in [0.25, 0.3) is 11.8 Å². The molecule has 0 N–H and O–H groups in total. The molecular weight excluding hydrogens is 468 g/mol. The van der Waals surface area contributed by atoms with Crippen molar-refractivity contribution in [2.24, 2.45) is 0 Å². The van der Waals surface area contributed by atoms with Gasteiger partial charge >= 0.3 is 5.97 Å². The summed E-state index contributed by atoms with van der Waals surface area (Å²) in [5.74, 6) is 0.638. The maximum absolute atomic E-state index is 12.7. The normalized spacial score (nSPS) is 13.6. The van der Waals surface area contributed by atoms with Crippen molar-refractivity contribution < 1.29 is 32.3 Å². The van der Waals surface area contributed by atoms with Crippen molar-refractivity contribution in [3.63, 3.8) is 0 Å². The first kappa shape index (κ1) is 23.0. The van der Waals surface area contributed by atoms with Crippen molar-refractivity contribution >= 4 is 28.7 Å². The number of aryl methyl sites for hydroxylation is 1. The highest BCUT2D eigenvalue weighted by Gasteiger charge is 2.28. The minimum Gasteiger partial charge on any atom is -0.497 e. The lowest BCUT2D eigenvalue weighted by atomic mass is 10.1. The zero-order valence-corrected chi connectivity index (χ0v) is 19.6. The van der Waals surface area contributed by atoms with Crippen molar-refractivity contribution in [2.75, 3.05) is 44.8 Å². The zero-order chi connectivity index (χ0) is 25.2. The van der Waals surface area contributed by atoms with Crippen molar-refractivity contribution in [1.29, 1.82) is 5.26 Å². The third kappa shape index (κ3) is 4.24. The second kappa shape index (κ2) is 9.50. The molecule has 11 nitrogen and oxygen atoms in total. The van der Waals surface area contributed by atoms with Gasteiger partial charge in [0, 0.05) is 37.1 Å². The topological polar surface area (TPSA) is 135 Å². The Labute approximate surface area is 205 Å². The fraction of sp³-hybridized carbons (Fsp3) is 0.280. The molecule has 4 heterocycles. The van der Waals surface area contributed by atoms with Crippen molar-refractivity contribution in [1.82, 2.24) is 9.88 Å². The Bertz CT molecular complexity index is 1450. The molecule has 36 heavy (non-hydrogen) atoms. The Kier molecular flexibility index (Phi) is 6.08. The number of nitrogens with zero attached hydrogens (tertiary/aromatic N) is 4. The number of hydrogen-bond donors (Lipinski definition) is 0. The molecule has 0 spiro atoms. The highest BCUT2D eigenvalue weighted by molar-refractivity contribution is 5.97. The van der Waals surface area contributed by atoms with Gasteiger partial charge in [0.1, 0.15) is 17.4 Å². The molecule has 0 unspecified atom stereocenters. The molecule has 0 saturated carbocycles. The van der Waals surface area contributed by atoms with E-state index < -0.39 is 12.6 Å². The van der Waals surface area contributed by atoms with Crippen LogP contribution in [0.1, 0.15) is 21.8 Å². The van der Waals surface area contributed by atoms with Crippen molar-refractivity contribution in [3.8, 4) is 23.5 Å². The van der Waals surface area contributed by atoms with Crippen LogP contribution >= 0.6 is 0 Å². The molecule has 0 bridgehead atoms. The van der Waals surface area contributed by atoms with E-state index in [1.807, 2.05) is 11.0 Å². The van der Waals surface area contributed by atoms with E-state index >= 15 is 0 Å². The number of ether oxygens (including phenoxy) is 2. The van der Waals surface area contributed by atoms with Gasteiger partial charge in [-0.25, -0.2) is 4.79 Å². The van der Waals surface area contributed by atoms with Crippen LogP contribution in [-0.4, -0.2) is 61.7 Å². The first-order valence-corrected chi connectivity index (χ1v) is 11.2. The summed E-state index contributed by atoms with van der Waals surface area (Å²) in [4.78, 5) is 32.9. The van der Waals surface area contributed by atoms with Crippen LogP contribution in [-0.2, 0) is 9.53 Å². The molecule has 11 heteroatoms. The Morgan fingerprint density at radius 3 is 2.67 bits per heavy atom. The molecule has 1 amide bonds. The van der Waals surface area contributed by atoms with Gasteiger partial charge in [0.2, 0.25) is 17.3 Å². The summed E-state index contributed by atoms with van der Waals surface area (Å²) in [5, 5.41) is 10.2. The second-order valence-corrected chi connectivity index (χ2v) is 8.12. The Balaban J connectivity index is 1.18. The van der Waals surface area contributed by atoms with E-state index in [1.54, 1.807) is 49.3 Å². The minimum atomic E-state index is -0.708. The number of piperazine rings is 1. The molecule has 4 aromatic rings. The molecule has 184 valence electrons. The molecule has 1 aliphatic rings. The van der Waals surface area contributed by atoms with Gasteiger partial charge < -0.3 is 32.5 Å². The fourth-order valence-electron chi connectivity index (χ4n) is 4.07. The predicted octanol–water partition coefficient (Wildman–Crippen LogP) is 3.38. The molecule has 0 radical (unpaired) electrons. The zero-order valence-electron chi connectivity index (χ0n) is 19.6. The molecule has 3 aromatic heterocycles. The number of rotatable bonds is 6. The Hall–Kier alpha value is -4.72. The van der Waals surface area contributed by atoms with Crippen LogP contribution in [0.3, 0.4) is 0 Å². The molecular formula is C25H22N4O7. The van der Waals surface area contributed by atoms with E-state index in [-0.39, 0.29) is 23.3 Å². The van der Waals surface area contributed by atoms with E-state index in [1.165, 1.54) is 6.26 Å². The van der Waals surface area contributed by atoms with Gasteiger partial charge in [-0.15, -0.1) is 0 Å². The number of carbonyl (C=O) groups is 2. The fourth-order valence-corrected chi connectivity index (χ4v) is 4.07. The first-order chi connectivity index (χ1) is 17.5. The van der Waals surface area contributed by atoms with Crippen molar-refractivity contribution in [2.45, 2.75) is 6.92 Å². The van der Waals surface area contributed by atoms with E-state index in [2.05, 4.69) is 4.98 Å². The number of esters is 1. The average Bonchev–Trinajstić information content (AvgIpc) is 3.66. The monoisotopic (exact) mass is 490 g/mol. The number of furan rings is 2. The molecule has 1 aromatic carbocycles. The van der Waals surface area contributed by atoms with E-state index in [4.69, 9.17) is 22.7 Å². The number of aromatic nitrogens is 1. The molecule has 1 aliphatic heterocycles. The minimum absolute atomic E-state index is 0.0533. The van der Waals surface area contributed by atoms with Crippen molar-refractivity contribution in [3.05, 3.63) is 53.6 Å². The Morgan fingerprint density at radius 1 is 1.17 bits per heavy atom. The van der Waals surface area contributed by atoms with Crippen LogP contribution in [0, 0.1) is 18.3 Å².